The fraction of sp³-hybridized carbons (Fsp3) is 0.500. The second-order valence-electron chi connectivity index (χ2n) is 6.97. The Bertz CT molecular complexity index is 726. The molecule has 2 aliphatic rings. The molecule has 6 heteroatoms. The molecule has 2 aliphatic heterocycles. The van der Waals surface area contributed by atoms with E-state index in [0.29, 0.717) is 19.4 Å². The predicted molar refractivity (Wildman–Crippen MR) is 98.3 cm³/mol. The van der Waals surface area contributed by atoms with Gasteiger partial charge in [0.15, 0.2) is 11.6 Å². The Kier molecular flexibility index (Phi) is 5.09. The van der Waals surface area contributed by atoms with Crippen molar-refractivity contribution >= 4 is 11.7 Å². The monoisotopic (exact) mass is 355 g/mol. The number of hydrogen-bond acceptors (Lipinski definition) is 5. The lowest BCUT2D eigenvalue weighted by atomic mass is 10.2. The van der Waals surface area contributed by atoms with E-state index in [-0.39, 0.29) is 12.0 Å². The van der Waals surface area contributed by atoms with Gasteiger partial charge in [0, 0.05) is 45.1 Å². The molecule has 2 saturated heterocycles. The lowest BCUT2D eigenvalue weighted by molar-refractivity contribution is -0.130. The first-order valence-corrected chi connectivity index (χ1v) is 9.46. The van der Waals surface area contributed by atoms with Crippen molar-refractivity contribution in [1.29, 1.82) is 0 Å². The number of amides is 1. The quantitative estimate of drug-likeness (QED) is 0.797. The number of pyridine rings is 1. The highest BCUT2D eigenvalue weighted by Gasteiger charge is 2.29. The average molecular weight is 355 g/mol. The lowest BCUT2D eigenvalue weighted by Gasteiger charge is -2.22. The van der Waals surface area contributed by atoms with Gasteiger partial charge >= 0.3 is 0 Å². The Morgan fingerprint density at radius 1 is 1.23 bits per heavy atom. The van der Waals surface area contributed by atoms with Gasteiger partial charge in [-0.1, -0.05) is 0 Å². The Labute approximate surface area is 153 Å². The van der Waals surface area contributed by atoms with Crippen molar-refractivity contribution in [3.05, 3.63) is 42.5 Å². The molecule has 1 atom stereocenters. The van der Waals surface area contributed by atoms with Gasteiger partial charge in [-0.2, -0.15) is 0 Å². The lowest BCUT2D eigenvalue weighted by Crippen LogP contribution is -2.31. The summed E-state index contributed by atoms with van der Waals surface area (Å²) in [6, 6.07) is 7.66. The number of furan rings is 1. The highest BCUT2D eigenvalue weighted by molar-refractivity contribution is 5.76. The van der Waals surface area contributed by atoms with Crippen LogP contribution in [0.2, 0.25) is 0 Å². The number of nitrogens with zero attached hydrogens (tertiary/aromatic N) is 3. The molecule has 0 aliphatic carbocycles. The second-order valence-corrected chi connectivity index (χ2v) is 6.97. The third-order valence-corrected chi connectivity index (χ3v) is 5.11. The van der Waals surface area contributed by atoms with Crippen molar-refractivity contribution in [2.24, 2.45) is 0 Å². The molecule has 0 aromatic carbocycles. The van der Waals surface area contributed by atoms with Gasteiger partial charge in [0.25, 0.3) is 0 Å². The second kappa shape index (κ2) is 7.81. The van der Waals surface area contributed by atoms with E-state index >= 15 is 0 Å². The first-order chi connectivity index (χ1) is 12.8. The van der Waals surface area contributed by atoms with Gasteiger partial charge in [-0.25, -0.2) is 4.98 Å². The molecule has 1 amide bonds. The normalized spacial score (nSPS) is 19.9. The molecule has 26 heavy (non-hydrogen) atoms. The van der Waals surface area contributed by atoms with Crippen LogP contribution in [-0.2, 0) is 11.2 Å². The highest BCUT2D eigenvalue weighted by atomic mass is 16.5. The summed E-state index contributed by atoms with van der Waals surface area (Å²) in [5.41, 5.74) is 0. The van der Waals surface area contributed by atoms with Crippen LogP contribution in [0.1, 0.15) is 31.4 Å². The van der Waals surface area contributed by atoms with E-state index in [1.54, 1.807) is 6.26 Å². The van der Waals surface area contributed by atoms with Crippen LogP contribution in [0.4, 0.5) is 5.82 Å². The number of rotatable bonds is 6. The van der Waals surface area contributed by atoms with Gasteiger partial charge in [0.1, 0.15) is 11.9 Å². The van der Waals surface area contributed by atoms with Gasteiger partial charge in [0.2, 0.25) is 5.91 Å². The van der Waals surface area contributed by atoms with Crippen molar-refractivity contribution in [3.8, 4) is 5.75 Å². The first kappa shape index (κ1) is 16.9. The van der Waals surface area contributed by atoms with Crippen molar-refractivity contribution in [2.45, 2.75) is 38.2 Å². The van der Waals surface area contributed by atoms with Crippen molar-refractivity contribution < 1.29 is 13.9 Å². The van der Waals surface area contributed by atoms with E-state index in [2.05, 4.69) is 9.88 Å². The van der Waals surface area contributed by atoms with E-state index in [0.717, 1.165) is 43.4 Å². The Morgan fingerprint density at radius 3 is 2.92 bits per heavy atom. The largest absolute Gasteiger partial charge is 0.485 e. The molecule has 6 nitrogen and oxygen atoms in total. The predicted octanol–water partition coefficient (Wildman–Crippen LogP) is 2.89. The van der Waals surface area contributed by atoms with E-state index < -0.39 is 0 Å². The molecule has 0 radical (unpaired) electrons. The van der Waals surface area contributed by atoms with E-state index in [9.17, 15) is 4.79 Å². The number of likely N-dealkylation sites (tertiary alicyclic amines) is 1. The number of aromatic nitrogens is 1. The molecular weight excluding hydrogens is 330 g/mol. The minimum Gasteiger partial charge on any atom is -0.485 e. The smallest absolute Gasteiger partial charge is 0.223 e. The molecule has 0 unspecified atom stereocenters. The summed E-state index contributed by atoms with van der Waals surface area (Å²) >= 11 is 0. The minimum atomic E-state index is 0.0353. The topological polar surface area (TPSA) is 58.8 Å². The summed E-state index contributed by atoms with van der Waals surface area (Å²) in [4.78, 5) is 21.1. The maximum atomic E-state index is 12.4. The minimum absolute atomic E-state index is 0.0353. The summed E-state index contributed by atoms with van der Waals surface area (Å²) in [6.45, 7) is 3.47. The zero-order valence-electron chi connectivity index (χ0n) is 15.0. The molecule has 0 bridgehead atoms. The third-order valence-electron chi connectivity index (χ3n) is 5.11. The molecule has 2 fully saturated rings. The van der Waals surface area contributed by atoms with Crippen molar-refractivity contribution in [3.63, 3.8) is 0 Å². The number of carbonyl (C=O) groups excluding carboxylic acids is 1. The van der Waals surface area contributed by atoms with Crippen molar-refractivity contribution in [1.82, 2.24) is 9.88 Å². The molecule has 2 aromatic rings. The molecule has 2 aromatic heterocycles. The number of anilines is 1. The zero-order chi connectivity index (χ0) is 17.8. The highest BCUT2D eigenvalue weighted by Crippen LogP contribution is 2.30. The molecule has 4 heterocycles. The number of aryl methyl sites for hydroxylation is 1. The van der Waals surface area contributed by atoms with Crippen LogP contribution >= 0.6 is 0 Å². The van der Waals surface area contributed by atoms with E-state index in [4.69, 9.17) is 9.15 Å². The van der Waals surface area contributed by atoms with Crippen LogP contribution in [0.3, 0.4) is 0 Å². The fourth-order valence-electron chi connectivity index (χ4n) is 3.71. The SMILES string of the molecule is O=C(CCc1ccco1)N1CC[C@@H](Oc2cccnc2N2CCCC2)C1. The van der Waals surface area contributed by atoms with Crippen LogP contribution in [0.5, 0.6) is 5.75 Å². The molecule has 0 saturated carbocycles. The molecule has 0 N–H and O–H groups in total. The summed E-state index contributed by atoms with van der Waals surface area (Å²) in [6.07, 6.45) is 7.90. The van der Waals surface area contributed by atoms with Crippen molar-refractivity contribution in [2.75, 3.05) is 31.1 Å². The molecule has 138 valence electrons. The van der Waals surface area contributed by atoms with Gasteiger partial charge in [-0.3, -0.25) is 4.79 Å². The van der Waals surface area contributed by atoms with E-state index in [1.165, 1.54) is 12.8 Å². The standard InChI is InChI=1S/C20H25N3O3/c24-19(8-7-16-5-4-14-25-16)23-13-9-17(15-23)26-18-6-3-10-21-20(18)22-11-1-2-12-22/h3-6,10,14,17H,1-2,7-9,11-13,15H2/t17-/m1/s1. The first-order valence-electron chi connectivity index (χ1n) is 9.46. The van der Waals surface area contributed by atoms with Crippen LogP contribution in [0.15, 0.2) is 41.1 Å². The van der Waals surface area contributed by atoms with Crippen LogP contribution in [-0.4, -0.2) is 48.1 Å². The summed E-state index contributed by atoms with van der Waals surface area (Å²) in [5.74, 6) is 2.80. The Morgan fingerprint density at radius 2 is 2.12 bits per heavy atom. The molecular formula is C20H25N3O3. The van der Waals surface area contributed by atoms with E-state index in [1.807, 2.05) is 35.4 Å². The maximum Gasteiger partial charge on any atom is 0.223 e. The summed E-state index contributed by atoms with van der Waals surface area (Å²) in [5, 5.41) is 0. The Balaban J connectivity index is 1.32. The molecule has 0 spiro atoms. The Hall–Kier alpha value is -2.50. The average Bonchev–Trinajstić information content (AvgIpc) is 3.42. The van der Waals surface area contributed by atoms with Crippen LogP contribution in [0, 0.1) is 0 Å². The van der Waals surface area contributed by atoms with Gasteiger partial charge in [-0.05, 0) is 37.1 Å². The number of ether oxygens (including phenoxy) is 1. The summed E-state index contributed by atoms with van der Waals surface area (Å²) < 4.78 is 11.5. The van der Waals surface area contributed by atoms with Gasteiger partial charge in [-0.15, -0.1) is 0 Å². The fourth-order valence-corrected chi connectivity index (χ4v) is 3.71. The zero-order valence-corrected chi connectivity index (χ0v) is 15.0. The third kappa shape index (κ3) is 3.84. The van der Waals surface area contributed by atoms with Crippen LogP contribution < -0.4 is 9.64 Å². The number of hydrogen-bond donors (Lipinski definition) is 0. The van der Waals surface area contributed by atoms with Crippen LogP contribution in [0.25, 0.3) is 0 Å². The maximum absolute atomic E-state index is 12.4. The molecule has 4 rings (SSSR count). The summed E-state index contributed by atoms with van der Waals surface area (Å²) in [7, 11) is 0. The number of carbonyl (C=O) groups is 1. The van der Waals surface area contributed by atoms with Gasteiger partial charge < -0.3 is 19.0 Å². The van der Waals surface area contributed by atoms with Gasteiger partial charge in [0.05, 0.1) is 12.8 Å².